The Labute approximate surface area is 162 Å². The summed E-state index contributed by atoms with van der Waals surface area (Å²) >= 11 is 0. The number of nitrogens with zero attached hydrogens (tertiary/aromatic N) is 2. The molecular weight excluding hydrogens is 346 g/mol. The number of carbonyl (C=O) groups excluding carboxylic acids is 1. The molecule has 1 amide bonds. The van der Waals surface area contributed by atoms with Crippen molar-refractivity contribution in [1.82, 2.24) is 10.3 Å². The van der Waals surface area contributed by atoms with Crippen LogP contribution >= 0.6 is 0 Å². The Kier molecular flexibility index (Phi) is 10.3. The van der Waals surface area contributed by atoms with Gasteiger partial charge in [-0.25, -0.2) is 0 Å². The molecule has 0 atom stereocenters. The van der Waals surface area contributed by atoms with E-state index in [1.54, 1.807) is 12.1 Å². The number of hydrogen-bond acceptors (Lipinski definition) is 6. The van der Waals surface area contributed by atoms with Crippen LogP contribution in [-0.4, -0.2) is 66.0 Å². The summed E-state index contributed by atoms with van der Waals surface area (Å²) in [6.07, 6.45) is 1.85. The Hall–Kier alpha value is -1.71. The first-order valence-electron chi connectivity index (χ1n) is 9.58. The van der Waals surface area contributed by atoms with Crippen LogP contribution in [0, 0.1) is 5.92 Å². The number of amides is 1. The molecule has 8 nitrogen and oxygen atoms in total. The van der Waals surface area contributed by atoms with Crippen LogP contribution in [0.15, 0.2) is 24.3 Å². The fraction of sp³-hybridized carbons (Fsp3) is 0.632. The van der Waals surface area contributed by atoms with E-state index in [2.05, 4.69) is 16.0 Å². The number of rotatable bonds is 13. The summed E-state index contributed by atoms with van der Waals surface area (Å²) in [7, 11) is 1.72. The smallest absolute Gasteiger partial charge is 0.221 e. The minimum atomic E-state index is -1.05. The topological polar surface area (TPSA) is 96.9 Å². The number of quaternary nitrogens is 1. The molecule has 0 heterocycles. The molecule has 0 fully saturated rings. The average Bonchev–Trinajstić information content (AvgIpc) is 2.55. The summed E-state index contributed by atoms with van der Waals surface area (Å²) in [4.78, 5) is 10.0. The van der Waals surface area contributed by atoms with Crippen LogP contribution in [0.3, 0.4) is 0 Å². The van der Waals surface area contributed by atoms with Gasteiger partial charge in [-0.2, -0.15) is 10.4 Å². The third-order valence-electron chi connectivity index (χ3n) is 4.06. The Morgan fingerprint density at radius 3 is 2.52 bits per heavy atom. The van der Waals surface area contributed by atoms with Crippen LogP contribution in [0.25, 0.3) is 0 Å². The van der Waals surface area contributed by atoms with E-state index in [0.29, 0.717) is 6.54 Å². The fourth-order valence-corrected chi connectivity index (χ4v) is 2.71. The number of hydroxylamine groups is 2. The summed E-state index contributed by atoms with van der Waals surface area (Å²) in [5.41, 5.74) is 1.75. The zero-order valence-corrected chi connectivity index (χ0v) is 17.0. The Morgan fingerprint density at radius 2 is 1.85 bits per heavy atom. The first kappa shape index (κ1) is 23.3. The zero-order chi connectivity index (χ0) is 20.3. The molecule has 1 aromatic carbocycles. The second-order valence-electron chi connectivity index (χ2n) is 7.30. The Bertz CT molecular complexity index is 566. The van der Waals surface area contributed by atoms with Gasteiger partial charge in [0.25, 0.3) is 0 Å². The molecule has 154 valence electrons. The monoisotopic (exact) mass is 382 g/mol. The molecule has 8 heteroatoms. The third kappa shape index (κ3) is 10.3. The Balaban J connectivity index is 2.12. The van der Waals surface area contributed by atoms with Crippen LogP contribution < -0.4 is 16.0 Å². The van der Waals surface area contributed by atoms with Gasteiger partial charge in [0.2, 0.25) is 5.91 Å². The molecule has 0 saturated heterocycles. The SMILES string of the molecule is CC(=O)Nc1cccc(NCCNCCCCN(C)[N+](O)(O)CC(C)C)c1. The lowest BCUT2D eigenvalue weighted by molar-refractivity contribution is -1.32. The van der Waals surface area contributed by atoms with Gasteiger partial charge in [-0.3, -0.25) is 4.79 Å². The van der Waals surface area contributed by atoms with E-state index in [0.717, 1.165) is 43.9 Å². The van der Waals surface area contributed by atoms with E-state index in [9.17, 15) is 15.2 Å². The maximum atomic E-state index is 11.1. The van der Waals surface area contributed by atoms with Crippen molar-refractivity contribution in [3.8, 4) is 0 Å². The lowest BCUT2D eigenvalue weighted by atomic mass is 10.2. The zero-order valence-electron chi connectivity index (χ0n) is 17.0. The van der Waals surface area contributed by atoms with Crippen LogP contribution in [0.5, 0.6) is 0 Å². The quantitative estimate of drug-likeness (QED) is 0.204. The van der Waals surface area contributed by atoms with Gasteiger partial charge in [0.1, 0.15) is 0 Å². The molecule has 1 rings (SSSR count). The molecule has 1 aromatic rings. The van der Waals surface area contributed by atoms with E-state index in [1.807, 2.05) is 38.1 Å². The van der Waals surface area contributed by atoms with E-state index >= 15 is 0 Å². The van der Waals surface area contributed by atoms with Crippen LogP contribution in [0.1, 0.15) is 33.6 Å². The molecule has 0 bridgehead atoms. The van der Waals surface area contributed by atoms with Crippen LogP contribution in [0.2, 0.25) is 0 Å². The van der Waals surface area contributed by atoms with E-state index in [-0.39, 0.29) is 18.4 Å². The van der Waals surface area contributed by atoms with Gasteiger partial charge in [-0.05, 0) is 37.6 Å². The summed E-state index contributed by atoms with van der Waals surface area (Å²) in [6, 6.07) is 7.63. The van der Waals surface area contributed by atoms with Crippen LogP contribution in [-0.2, 0) is 4.79 Å². The molecule has 0 aliphatic rings. The number of hydrogen-bond donors (Lipinski definition) is 5. The van der Waals surface area contributed by atoms with Gasteiger partial charge in [0, 0.05) is 49.3 Å². The summed E-state index contributed by atoms with van der Waals surface area (Å²) in [5.74, 6) is 0.123. The highest BCUT2D eigenvalue weighted by molar-refractivity contribution is 5.89. The summed E-state index contributed by atoms with van der Waals surface area (Å²) in [6.45, 7) is 8.80. The number of benzene rings is 1. The fourth-order valence-electron chi connectivity index (χ4n) is 2.71. The molecule has 0 spiro atoms. The van der Waals surface area contributed by atoms with Crippen molar-refractivity contribution in [3.05, 3.63) is 24.3 Å². The van der Waals surface area contributed by atoms with Gasteiger partial charge >= 0.3 is 0 Å². The molecule has 0 unspecified atom stereocenters. The molecule has 27 heavy (non-hydrogen) atoms. The van der Waals surface area contributed by atoms with E-state index in [1.165, 1.54) is 6.92 Å². The summed E-state index contributed by atoms with van der Waals surface area (Å²) in [5, 5.41) is 30.9. The van der Waals surface area contributed by atoms with Crippen molar-refractivity contribution in [3.63, 3.8) is 0 Å². The van der Waals surface area contributed by atoms with Crippen molar-refractivity contribution in [2.75, 3.05) is 50.4 Å². The standard InChI is InChI=1S/C19H35N5O3/c1-16(2)15-24(26,27)23(4)13-6-5-10-20-11-12-21-18-8-7-9-19(14-18)22-17(3)25/h7-9,14,16,20-21,26-27H,5-6,10-13,15H2,1-4H3/p+1. The van der Waals surface area contributed by atoms with E-state index in [4.69, 9.17) is 0 Å². The Morgan fingerprint density at radius 1 is 1.15 bits per heavy atom. The lowest BCUT2D eigenvalue weighted by Crippen LogP contribution is -2.55. The van der Waals surface area contributed by atoms with E-state index < -0.39 is 4.92 Å². The van der Waals surface area contributed by atoms with Crippen molar-refractivity contribution in [2.45, 2.75) is 33.6 Å². The predicted octanol–water partition coefficient (Wildman–Crippen LogP) is 2.52. The molecular formula is C19H36N5O3+. The maximum Gasteiger partial charge on any atom is 0.221 e. The van der Waals surface area contributed by atoms with Gasteiger partial charge in [-0.1, -0.05) is 24.9 Å². The van der Waals surface area contributed by atoms with Gasteiger partial charge in [0.05, 0.1) is 6.54 Å². The average molecular weight is 383 g/mol. The second kappa shape index (κ2) is 11.9. The second-order valence-corrected chi connectivity index (χ2v) is 7.30. The molecule has 5 N–H and O–H groups in total. The van der Waals surface area contributed by atoms with Crippen LogP contribution in [0.4, 0.5) is 11.4 Å². The lowest BCUT2D eigenvalue weighted by Gasteiger charge is -2.30. The largest absolute Gasteiger partial charge is 0.384 e. The van der Waals surface area contributed by atoms with Crippen molar-refractivity contribution in [2.24, 2.45) is 5.92 Å². The molecule has 0 radical (unpaired) electrons. The third-order valence-corrected chi connectivity index (χ3v) is 4.06. The first-order valence-corrected chi connectivity index (χ1v) is 9.58. The molecule has 0 aliphatic heterocycles. The first-order chi connectivity index (χ1) is 12.7. The summed E-state index contributed by atoms with van der Waals surface area (Å²) < 4.78 is 0. The highest BCUT2D eigenvalue weighted by Gasteiger charge is 2.30. The minimum Gasteiger partial charge on any atom is -0.384 e. The van der Waals surface area contributed by atoms with Crippen molar-refractivity contribution < 1.29 is 20.1 Å². The van der Waals surface area contributed by atoms with Crippen molar-refractivity contribution >= 4 is 17.3 Å². The van der Waals surface area contributed by atoms with Gasteiger partial charge in [-0.15, -0.1) is 0 Å². The number of unbranched alkanes of at least 4 members (excludes halogenated alkanes) is 1. The molecule has 0 saturated carbocycles. The number of nitrogens with one attached hydrogen (secondary N) is 3. The minimum absolute atomic E-state index is 0.0814. The normalized spacial score (nSPS) is 11.9. The van der Waals surface area contributed by atoms with Gasteiger partial charge < -0.3 is 16.0 Å². The molecule has 0 aliphatic carbocycles. The van der Waals surface area contributed by atoms with Crippen molar-refractivity contribution in [1.29, 1.82) is 0 Å². The predicted molar refractivity (Wildman–Crippen MR) is 108 cm³/mol. The maximum absolute atomic E-state index is 11.1. The number of anilines is 2. The highest BCUT2D eigenvalue weighted by Crippen LogP contribution is 2.14. The van der Waals surface area contributed by atoms with Gasteiger partial charge in [0.15, 0.2) is 6.54 Å². The highest BCUT2D eigenvalue weighted by atomic mass is 16.9. The number of carbonyl (C=O) groups is 1. The molecule has 0 aromatic heterocycles.